The van der Waals surface area contributed by atoms with E-state index in [1.165, 1.54) is 34.5 Å². The normalized spacial score (nSPS) is 15.5. The summed E-state index contributed by atoms with van der Waals surface area (Å²) in [4.78, 5) is 26.1. The van der Waals surface area contributed by atoms with E-state index in [-0.39, 0.29) is 18.2 Å². The Morgan fingerprint density at radius 3 is 2.79 bits per heavy atom. The first kappa shape index (κ1) is 20.5. The lowest BCUT2D eigenvalue weighted by molar-refractivity contribution is -0.387. The number of aryl methyl sites for hydroxylation is 1. The van der Waals surface area contributed by atoms with E-state index in [1.54, 1.807) is 18.2 Å². The van der Waals surface area contributed by atoms with Crippen molar-refractivity contribution in [1.29, 1.82) is 0 Å². The third-order valence-electron chi connectivity index (χ3n) is 3.88. The number of aliphatic hydroxyl groups excluding tert-OH is 1. The highest BCUT2D eigenvalue weighted by Gasteiger charge is 2.33. The third kappa shape index (κ3) is 4.44. The topological polar surface area (TPSA) is 83.7 Å². The zero-order valence-electron chi connectivity index (χ0n) is 14.8. The maximum atomic E-state index is 12.8. The van der Waals surface area contributed by atoms with Crippen LogP contribution in [0.4, 0.5) is 11.4 Å². The molecule has 1 saturated heterocycles. The first-order valence-electron chi connectivity index (χ1n) is 8.27. The smallest absolute Gasteiger partial charge is 0.283 e. The Morgan fingerprint density at radius 1 is 1.32 bits per heavy atom. The van der Waals surface area contributed by atoms with E-state index in [9.17, 15) is 14.9 Å². The highest BCUT2D eigenvalue weighted by atomic mass is 32.2. The second-order valence-electron chi connectivity index (χ2n) is 5.91. The van der Waals surface area contributed by atoms with Gasteiger partial charge >= 0.3 is 0 Å². The molecule has 144 valence electrons. The Morgan fingerprint density at radius 2 is 2.11 bits per heavy atom. The van der Waals surface area contributed by atoms with Gasteiger partial charge in [0.15, 0.2) is 4.32 Å². The number of nitrogens with zero attached hydrogens (tertiary/aromatic N) is 2. The number of rotatable bonds is 6. The molecule has 0 atom stereocenters. The molecule has 1 aliphatic heterocycles. The molecular formula is C19H16N2O4S3. The minimum atomic E-state index is -0.463. The molecule has 0 spiro atoms. The van der Waals surface area contributed by atoms with Gasteiger partial charge in [0.2, 0.25) is 0 Å². The van der Waals surface area contributed by atoms with Gasteiger partial charge in [-0.2, -0.15) is 0 Å². The number of amides is 1. The molecular weight excluding hydrogens is 416 g/mol. The Hall–Kier alpha value is -2.20. The molecule has 0 radical (unpaired) electrons. The number of carbonyl (C=O) groups is 1. The van der Waals surface area contributed by atoms with Gasteiger partial charge in [0.1, 0.15) is 0 Å². The summed E-state index contributed by atoms with van der Waals surface area (Å²) in [6, 6.07) is 12.3. The van der Waals surface area contributed by atoms with Crippen molar-refractivity contribution in [1.82, 2.24) is 0 Å². The lowest BCUT2D eigenvalue weighted by Gasteiger charge is -2.14. The molecule has 3 rings (SSSR count). The zero-order chi connectivity index (χ0) is 20.3. The molecule has 0 unspecified atom stereocenters. The van der Waals surface area contributed by atoms with Gasteiger partial charge < -0.3 is 5.11 Å². The Kier molecular flexibility index (Phi) is 6.50. The molecule has 1 amide bonds. The molecule has 1 N–H and O–H groups in total. The molecule has 1 heterocycles. The number of hydrogen-bond acceptors (Lipinski definition) is 7. The highest BCUT2D eigenvalue weighted by Crippen LogP contribution is 2.37. The molecule has 0 bridgehead atoms. The van der Waals surface area contributed by atoms with Crippen LogP contribution in [0.25, 0.3) is 6.08 Å². The number of benzene rings is 2. The van der Waals surface area contributed by atoms with Crippen LogP contribution in [0.1, 0.15) is 11.1 Å². The van der Waals surface area contributed by atoms with E-state index in [1.807, 2.05) is 31.2 Å². The lowest BCUT2D eigenvalue weighted by Crippen LogP contribution is -2.27. The van der Waals surface area contributed by atoms with Crippen LogP contribution in [-0.2, 0) is 4.79 Å². The van der Waals surface area contributed by atoms with Crippen molar-refractivity contribution in [2.45, 2.75) is 11.8 Å². The molecule has 6 nitrogen and oxygen atoms in total. The van der Waals surface area contributed by atoms with Crippen molar-refractivity contribution in [2.75, 3.05) is 17.3 Å². The van der Waals surface area contributed by atoms with Crippen LogP contribution in [0.5, 0.6) is 0 Å². The van der Waals surface area contributed by atoms with Gasteiger partial charge in [-0.1, -0.05) is 42.2 Å². The minimum absolute atomic E-state index is 0.0543. The summed E-state index contributed by atoms with van der Waals surface area (Å²) in [6.07, 6.45) is 1.61. The maximum absolute atomic E-state index is 12.8. The average molecular weight is 433 g/mol. The van der Waals surface area contributed by atoms with Crippen LogP contribution in [0, 0.1) is 17.0 Å². The zero-order valence-corrected chi connectivity index (χ0v) is 17.3. The summed E-state index contributed by atoms with van der Waals surface area (Å²) in [5, 5.41) is 20.3. The average Bonchev–Trinajstić information content (AvgIpc) is 2.93. The summed E-state index contributed by atoms with van der Waals surface area (Å²) in [5.41, 5.74) is 2.21. The number of thioether (sulfide) groups is 2. The lowest BCUT2D eigenvalue weighted by atomic mass is 10.1. The van der Waals surface area contributed by atoms with Gasteiger partial charge in [-0.25, -0.2) is 0 Å². The maximum Gasteiger partial charge on any atom is 0.283 e. The molecule has 2 aromatic carbocycles. The fourth-order valence-electron chi connectivity index (χ4n) is 2.65. The van der Waals surface area contributed by atoms with Crippen molar-refractivity contribution in [3.63, 3.8) is 0 Å². The predicted octanol–water partition coefficient (Wildman–Crippen LogP) is 4.39. The molecule has 28 heavy (non-hydrogen) atoms. The monoisotopic (exact) mass is 432 g/mol. The van der Waals surface area contributed by atoms with E-state index in [2.05, 4.69) is 0 Å². The molecule has 1 aliphatic rings. The van der Waals surface area contributed by atoms with Crippen LogP contribution in [0.3, 0.4) is 0 Å². The SMILES string of the molecule is Cc1cccc(N2C(=O)C(=Cc3ccc(SCCO)c([N+](=O)[O-])c3)SC2=S)c1. The molecule has 0 aliphatic carbocycles. The fourth-order valence-corrected chi connectivity index (χ4v) is 4.71. The third-order valence-corrected chi connectivity index (χ3v) is 6.22. The number of anilines is 1. The van der Waals surface area contributed by atoms with Crippen molar-refractivity contribution in [3.8, 4) is 0 Å². The van der Waals surface area contributed by atoms with Gasteiger partial charge in [0.25, 0.3) is 11.6 Å². The standard InChI is InChI=1S/C19H16N2O4S3/c1-12-3-2-4-14(9-12)20-18(23)17(28-19(20)26)11-13-5-6-16(27-8-7-22)15(10-13)21(24)25/h2-6,9-11,22H,7-8H2,1H3. The Bertz CT molecular complexity index is 991. The minimum Gasteiger partial charge on any atom is -0.396 e. The van der Waals surface area contributed by atoms with Crippen LogP contribution >= 0.6 is 35.7 Å². The predicted molar refractivity (Wildman–Crippen MR) is 118 cm³/mol. The van der Waals surface area contributed by atoms with Gasteiger partial charge in [-0.3, -0.25) is 19.8 Å². The van der Waals surface area contributed by atoms with Crippen molar-refractivity contribution in [3.05, 3.63) is 68.6 Å². The van der Waals surface area contributed by atoms with Gasteiger partial charge in [-0.15, -0.1) is 11.8 Å². The van der Waals surface area contributed by atoms with Crippen LogP contribution in [-0.4, -0.2) is 32.6 Å². The molecule has 1 fully saturated rings. The molecule has 0 saturated carbocycles. The summed E-state index contributed by atoms with van der Waals surface area (Å²) < 4.78 is 0.423. The van der Waals surface area contributed by atoms with Crippen LogP contribution in [0.15, 0.2) is 52.3 Å². The number of carbonyl (C=O) groups excluding carboxylic acids is 1. The van der Waals surface area contributed by atoms with Gasteiger partial charge in [-0.05, 0) is 42.3 Å². The first-order valence-corrected chi connectivity index (χ1v) is 10.5. The van der Waals surface area contributed by atoms with Crippen molar-refractivity contribution < 1.29 is 14.8 Å². The Balaban J connectivity index is 1.91. The first-order chi connectivity index (χ1) is 13.4. The molecule has 9 heteroatoms. The quantitative estimate of drug-likeness (QED) is 0.238. The summed E-state index contributed by atoms with van der Waals surface area (Å²) in [5.74, 6) is 0.122. The van der Waals surface area contributed by atoms with Gasteiger partial charge in [0.05, 0.1) is 27.0 Å². The summed E-state index contributed by atoms with van der Waals surface area (Å²) in [7, 11) is 0. The fraction of sp³-hybridized carbons (Fsp3) is 0.158. The molecule has 0 aromatic heterocycles. The van der Waals surface area contributed by atoms with E-state index in [4.69, 9.17) is 17.3 Å². The Labute approximate surface area is 175 Å². The van der Waals surface area contributed by atoms with Crippen molar-refractivity contribution >= 4 is 63.4 Å². The molecule has 2 aromatic rings. The van der Waals surface area contributed by atoms with Gasteiger partial charge in [0, 0.05) is 11.8 Å². The van der Waals surface area contributed by atoms with Crippen LogP contribution in [0.2, 0.25) is 0 Å². The van der Waals surface area contributed by atoms with E-state index < -0.39 is 4.92 Å². The van der Waals surface area contributed by atoms with E-state index in [0.717, 1.165) is 5.56 Å². The van der Waals surface area contributed by atoms with E-state index >= 15 is 0 Å². The second-order valence-corrected chi connectivity index (χ2v) is 8.72. The second kappa shape index (κ2) is 8.87. The highest BCUT2D eigenvalue weighted by molar-refractivity contribution is 8.27. The van der Waals surface area contributed by atoms with Crippen molar-refractivity contribution in [2.24, 2.45) is 0 Å². The largest absolute Gasteiger partial charge is 0.396 e. The van der Waals surface area contributed by atoms with Crippen LogP contribution < -0.4 is 4.90 Å². The number of thiocarbonyl (C=S) groups is 1. The number of nitro benzene ring substituents is 1. The number of nitro groups is 1. The summed E-state index contributed by atoms with van der Waals surface area (Å²) in [6.45, 7) is 1.87. The summed E-state index contributed by atoms with van der Waals surface area (Å²) >= 11 is 7.75. The number of aliphatic hydroxyl groups is 1. The number of hydrogen-bond donors (Lipinski definition) is 1. The van der Waals surface area contributed by atoms with E-state index in [0.29, 0.717) is 31.1 Å².